The molecule has 1 saturated heterocycles. The summed E-state index contributed by atoms with van der Waals surface area (Å²) in [7, 11) is -2.94. The van der Waals surface area contributed by atoms with Crippen molar-refractivity contribution < 1.29 is 13.2 Å². The number of aromatic nitrogens is 4. The quantitative estimate of drug-likeness (QED) is 0.787. The van der Waals surface area contributed by atoms with Crippen molar-refractivity contribution in [2.24, 2.45) is 5.92 Å². The van der Waals surface area contributed by atoms with E-state index in [1.54, 1.807) is 0 Å². The average molecular weight is 349 g/mol. The highest BCUT2D eigenvalue weighted by Crippen LogP contribution is 2.18. The van der Waals surface area contributed by atoms with Gasteiger partial charge < -0.3 is 5.32 Å². The van der Waals surface area contributed by atoms with Crippen LogP contribution >= 0.6 is 0 Å². The maximum absolute atomic E-state index is 12.6. The molecule has 1 amide bonds. The molecule has 2 aromatic rings. The lowest BCUT2D eigenvalue weighted by atomic mass is 10.0. The number of hydrogen-bond donors (Lipinski definition) is 1. The van der Waals surface area contributed by atoms with Crippen molar-refractivity contribution in [3.05, 3.63) is 42.2 Å². The second kappa shape index (κ2) is 7.08. The number of sulfone groups is 1. The Hall–Kier alpha value is -2.29. The molecule has 24 heavy (non-hydrogen) atoms. The van der Waals surface area contributed by atoms with Crippen LogP contribution in [0.4, 0.5) is 0 Å². The van der Waals surface area contributed by atoms with Crippen molar-refractivity contribution in [2.75, 3.05) is 18.1 Å². The summed E-state index contributed by atoms with van der Waals surface area (Å²) in [6, 6.07) is 9.04. The fraction of sp³-hybridized carbons (Fsp3) is 0.467. The van der Waals surface area contributed by atoms with E-state index < -0.39 is 15.9 Å². The molecule has 2 atom stereocenters. The van der Waals surface area contributed by atoms with Crippen LogP contribution in [0.15, 0.2) is 36.7 Å². The van der Waals surface area contributed by atoms with Gasteiger partial charge in [0.1, 0.15) is 12.4 Å². The fourth-order valence-corrected chi connectivity index (χ4v) is 4.71. The van der Waals surface area contributed by atoms with E-state index in [4.69, 9.17) is 0 Å². The van der Waals surface area contributed by atoms with Gasteiger partial charge in [-0.15, -0.1) is 5.10 Å². The zero-order valence-corrected chi connectivity index (χ0v) is 13.9. The smallest absolute Gasteiger partial charge is 0.245 e. The molecule has 0 aliphatic carbocycles. The van der Waals surface area contributed by atoms with Gasteiger partial charge in [0.05, 0.1) is 11.5 Å². The van der Waals surface area contributed by atoms with E-state index in [0.29, 0.717) is 19.4 Å². The summed E-state index contributed by atoms with van der Waals surface area (Å²) in [5.74, 6) is 0.107. The normalized spacial score (nSPS) is 20.6. The van der Waals surface area contributed by atoms with Gasteiger partial charge in [0.15, 0.2) is 9.84 Å². The first-order chi connectivity index (χ1) is 11.5. The Bertz CT molecular complexity index is 777. The van der Waals surface area contributed by atoms with E-state index in [1.165, 1.54) is 11.0 Å². The summed E-state index contributed by atoms with van der Waals surface area (Å²) < 4.78 is 24.4. The Morgan fingerprint density at radius 3 is 2.75 bits per heavy atom. The van der Waals surface area contributed by atoms with Gasteiger partial charge in [-0.05, 0) is 28.3 Å². The molecule has 8 nitrogen and oxygen atoms in total. The number of nitrogens with one attached hydrogen (secondary N) is 1. The number of carbonyl (C=O) groups is 1. The van der Waals surface area contributed by atoms with Crippen molar-refractivity contribution in [3.8, 4) is 0 Å². The Balaban J connectivity index is 1.65. The second-order valence-corrected chi connectivity index (χ2v) is 8.24. The maximum atomic E-state index is 12.6. The van der Waals surface area contributed by atoms with Crippen molar-refractivity contribution in [1.82, 2.24) is 25.5 Å². The molecular weight excluding hydrogens is 330 g/mol. The monoisotopic (exact) mass is 349 g/mol. The molecule has 0 spiro atoms. The predicted octanol–water partition coefficient (Wildman–Crippen LogP) is 0.00780. The molecule has 1 N–H and O–H groups in total. The van der Waals surface area contributed by atoms with Crippen LogP contribution in [0.25, 0.3) is 0 Å². The summed E-state index contributed by atoms with van der Waals surface area (Å²) in [5.41, 5.74) is 0.997. The minimum Gasteiger partial charge on any atom is -0.354 e. The zero-order valence-electron chi connectivity index (χ0n) is 13.1. The van der Waals surface area contributed by atoms with Gasteiger partial charge in [0.2, 0.25) is 5.91 Å². The Labute approximate surface area is 140 Å². The Morgan fingerprint density at radius 2 is 2.12 bits per heavy atom. The van der Waals surface area contributed by atoms with Gasteiger partial charge in [-0.1, -0.05) is 30.3 Å². The van der Waals surface area contributed by atoms with Crippen LogP contribution < -0.4 is 5.32 Å². The maximum Gasteiger partial charge on any atom is 0.245 e. The fourth-order valence-electron chi connectivity index (χ4n) is 2.85. The Kier molecular flexibility index (Phi) is 4.89. The molecule has 9 heteroatoms. The van der Waals surface area contributed by atoms with Crippen LogP contribution in [0.5, 0.6) is 0 Å². The topological polar surface area (TPSA) is 107 Å². The average Bonchev–Trinajstić information content (AvgIpc) is 3.21. The molecule has 3 rings (SSSR count). The standard InChI is InChI=1S/C15H19N5O3S/c21-15(16-9-13-6-7-24(22,23)10-13)14(20-11-17-18-19-20)8-12-4-2-1-3-5-12/h1-5,11,13-14H,6-10H2,(H,16,21). The highest BCUT2D eigenvalue weighted by Gasteiger charge is 2.29. The number of rotatable bonds is 6. The summed E-state index contributed by atoms with van der Waals surface area (Å²) in [4.78, 5) is 12.6. The lowest BCUT2D eigenvalue weighted by Gasteiger charge is -2.17. The number of tetrazole rings is 1. The van der Waals surface area contributed by atoms with Crippen molar-refractivity contribution in [2.45, 2.75) is 18.9 Å². The van der Waals surface area contributed by atoms with Crippen LogP contribution in [-0.2, 0) is 21.1 Å². The largest absolute Gasteiger partial charge is 0.354 e. The summed E-state index contributed by atoms with van der Waals surface area (Å²) >= 11 is 0. The van der Waals surface area contributed by atoms with Gasteiger partial charge in [0, 0.05) is 13.0 Å². The van der Waals surface area contributed by atoms with Crippen molar-refractivity contribution in [3.63, 3.8) is 0 Å². The van der Waals surface area contributed by atoms with Gasteiger partial charge in [0.25, 0.3) is 0 Å². The summed E-state index contributed by atoms with van der Waals surface area (Å²) in [6.07, 6.45) is 2.46. The van der Waals surface area contributed by atoms with E-state index in [-0.39, 0.29) is 23.3 Å². The highest BCUT2D eigenvalue weighted by atomic mass is 32.2. The van der Waals surface area contributed by atoms with Crippen LogP contribution in [0.1, 0.15) is 18.0 Å². The molecule has 0 bridgehead atoms. The molecule has 0 saturated carbocycles. The lowest BCUT2D eigenvalue weighted by molar-refractivity contribution is -0.124. The van der Waals surface area contributed by atoms with Crippen molar-refractivity contribution in [1.29, 1.82) is 0 Å². The molecule has 2 unspecified atom stereocenters. The first-order valence-electron chi connectivity index (χ1n) is 7.78. The molecule has 2 heterocycles. The molecule has 1 aliphatic rings. The van der Waals surface area contributed by atoms with Gasteiger partial charge in [-0.25, -0.2) is 13.1 Å². The first kappa shape index (κ1) is 16.6. The van der Waals surface area contributed by atoms with Crippen LogP contribution in [0.3, 0.4) is 0 Å². The van der Waals surface area contributed by atoms with Gasteiger partial charge in [-0.2, -0.15) is 0 Å². The van der Waals surface area contributed by atoms with Crippen molar-refractivity contribution >= 4 is 15.7 Å². The molecular formula is C15H19N5O3S. The Morgan fingerprint density at radius 1 is 1.33 bits per heavy atom. The number of carbonyl (C=O) groups excluding carboxylic acids is 1. The number of amides is 1. The summed E-state index contributed by atoms with van der Waals surface area (Å²) in [6.45, 7) is 0.353. The SMILES string of the molecule is O=C(NCC1CCS(=O)(=O)C1)C(Cc1ccccc1)n1cnnn1. The number of benzene rings is 1. The first-order valence-corrected chi connectivity index (χ1v) is 9.60. The molecule has 1 fully saturated rings. The van der Waals surface area contributed by atoms with Crippen LogP contribution in [0.2, 0.25) is 0 Å². The van der Waals surface area contributed by atoms with E-state index in [2.05, 4.69) is 20.8 Å². The van der Waals surface area contributed by atoms with Gasteiger partial charge in [-0.3, -0.25) is 4.79 Å². The van der Waals surface area contributed by atoms with E-state index in [9.17, 15) is 13.2 Å². The van der Waals surface area contributed by atoms with E-state index in [0.717, 1.165) is 5.56 Å². The third-order valence-electron chi connectivity index (χ3n) is 4.15. The molecule has 1 aromatic carbocycles. The number of nitrogens with zero attached hydrogens (tertiary/aromatic N) is 4. The zero-order chi connectivity index (χ0) is 17.0. The molecule has 128 valence electrons. The lowest BCUT2D eigenvalue weighted by Crippen LogP contribution is -2.37. The third-order valence-corrected chi connectivity index (χ3v) is 5.99. The van der Waals surface area contributed by atoms with Crippen LogP contribution in [-0.4, -0.2) is 52.6 Å². The molecule has 1 aromatic heterocycles. The van der Waals surface area contributed by atoms with E-state index in [1.807, 2.05) is 30.3 Å². The van der Waals surface area contributed by atoms with E-state index >= 15 is 0 Å². The minimum atomic E-state index is -2.94. The number of hydrogen-bond acceptors (Lipinski definition) is 6. The third kappa shape index (κ3) is 4.16. The molecule has 0 radical (unpaired) electrons. The van der Waals surface area contributed by atoms with Crippen LogP contribution in [0, 0.1) is 5.92 Å². The second-order valence-electron chi connectivity index (χ2n) is 6.01. The summed E-state index contributed by atoms with van der Waals surface area (Å²) in [5, 5.41) is 13.9. The molecule has 1 aliphatic heterocycles. The highest BCUT2D eigenvalue weighted by molar-refractivity contribution is 7.91. The predicted molar refractivity (Wildman–Crippen MR) is 86.8 cm³/mol. The minimum absolute atomic E-state index is 0.0230. The van der Waals surface area contributed by atoms with Gasteiger partial charge >= 0.3 is 0 Å².